The highest BCUT2D eigenvalue weighted by atomic mass is 16.3. The summed E-state index contributed by atoms with van der Waals surface area (Å²) in [6.45, 7) is 17.4. The first-order chi connectivity index (χ1) is 15.2. The number of aliphatic hydroxyl groups excluding tert-OH is 2. The molecule has 0 bridgehead atoms. The average Bonchev–Trinajstić information content (AvgIpc) is 2.75. The van der Waals surface area contributed by atoms with Gasteiger partial charge in [-0.1, -0.05) is 48.5 Å². The van der Waals surface area contributed by atoms with Crippen molar-refractivity contribution in [2.45, 2.75) is 119 Å². The molecule has 5 aliphatic carbocycles. The number of ketones is 1. The van der Waals surface area contributed by atoms with Crippen molar-refractivity contribution in [2.24, 2.45) is 56.2 Å². The van der Waals surface area contributed by atoms with Crippen LogP contribution in [0.4, 0.5) is 0 Å². The summed E-state index contributed by atoms with van der Waals surface area (Å²) in [4.78, 5) is 12.8. The van der Waals surface area contributed by atoms with Crippen LogP contribution in [0.15, 0.2) is 0 Å². The van der Waals surface area contributed by atoms with Crippen LogP contribution in [0.3, 0.4) is 0 Å². The van der Waals surface area contributed by atoms with Gasteiger partial charge in [0.15, 0.2) is 0 Å². The quantitative estimate of drug-likeness (QED) is 0.478. The van der Waals surface area contributed by atoms with Crippen LogP contribution < -0.4 is 0 Å². The molecule has 33 heavy (non-hydrogen) atoms. The third kappa shape index (κ3) is 2.90. The van der Waals surface area contributed by atoms with E-state index in [2.05, 4.69) is 48.5 Å². The molecule has 11 atom stereocenters. The average molecular weight is 459 g/mol. The third-order valence-electron chi connectivity index (χ3n) is 13.9. The van der Waals surface area contributed by atoms with Crippen molar-refractivity contribution in [3.63, 3.8) is 0 Å². The number of hydrogen-bond donors (Lipinski definition) is 2. The molecule has 2 N–H and O–H groups in total. The van der Waals surface area contributed by atoms with E-state index in [0.29, 0.717) is 30.3 Å². The molecule has 5 rings (SSSR count). The Morgan fingerprint density at radius 2 is 1.42 bits per heavy atom. The number of fused-ring (bicyclic) bond motifs is 7. The predicted octanol–water partition coefficient (Wildman–Crippen LogP) is 6.40. The second kappa shape index (κ2) is 7.09. The zero-order valence-electron chi connectivity index (χ0n) is 22.5. The number of rotatable bonds is 1. The molecule has 188 valence electrons. The summed E-state index contributed by atoms with van der Waals surface area (Å²) < 4.78 is 0. The van der Waals surface area contributed by atoms with Crippen LogP contribution in [0.5, 0.6) is 0 Å². The second-order valence-corrected chi connectivity index (χ2v) is 15.3. The molecule has 0 aliphatic heterocycles. The van der Waals surface area contributed by atoms with Crippen LogP contribution in [0.2, 0.25) is 0 Å². The summed E-state index contributed by atoms with van der Waals surface area (Å²) in [6.07, 6.45) is 10.7. The lowest BCUT2D eigenvalue weighted by atomic mass is 9.30. The minimum absolute atomic E-state index is 0.0584. The van der Waals surface area contributed by atoms with Gasteiger partial charge in [0.2, 0.25) is 0 Å². The van der Waals surface area contributed by atoms with Gasteiger partial charge in [0.05, 0.1) is 6.10 Å². The fourth-order valence-corrected chi connectivity index (χ4v) is 11.3. The lowest BCUT2D eigenvalue weighted by Crippen LogP contribution is -2.69. The molecule has 0 heterocycles. The van der Waals surface area contributed by atoms with E-state index < -0.39 is 6.10 Å². The lowest BCUT2D eigenvalue weighted by Gasteiger charge is -2.75. The van der Waals surface area contributed by atoms with Crippen LogP contribution in [0, 0.1) is 56.2 Å². The van der Waals surface area contributed by atoms with Crippen molar-refractivity contribution in [3.8, 4) is 0 Å². The van der Waals surface area contributed by atoms with Gasteiger partial charge in [-0.2, -0.15) is 0 Å². The first-order valence-corrected chi connectivity index (χ1v) is 14.0. The Morgan fingerprint density at radius 1 is 0.818 bits per heavy atom. The summed E-state index contributed by atoms with van der Waals surface area (Å²) in [5, 5.41) is 21.7. The molecule has 0 amide bonds. The van der Waals surface area contributed by atoms with Crippen LogP contribution in [0.1, 0.15) is 113 Å². The number of carbonyl (C=O) groups excluding carboxylic acids is 1. The van der Waals surface area contributed by atoms with Gasteiger partial charge in [0.1, 0.15) is 5.78 Å². The van der Waals surface area contributed by atoms with Gasteiger partial charge in [-0.15, -0.1) is 0 Å². The van der Waals surface area contributed by atoms with Gasteiger partial charge in [-0.3, -0.25) is 4.79 Å². The molecule has 0 aromatic carbocycles. The molecule has 0 saturated heterocycles. The van der Waals surface area contributed by atoms with Crippen LogP contribution >= 0.6 is 0 Å². The molecule has 0 radical (unpaired) electrons. The van der Waals surface area contributed by atoms with E-state index >= 15 is 0 Å². The van der Waals surface area contributed by atoms with E-state index in [1.807, 2.05) is 0 Å². The molecule has 0 unspecified atom stereocenters. The number of Topliss-reactive ketones (excluding diaryl/α,β-unsaturated/α-hetero) is 1. The lowest BCUT2D eigenvalue weighted by molar-refractivity contribution is -0.269. The van der Waals surface area contributed by atoms with Crippen molar-refractivity contribution < 1.29 is 15.0 Å². The highest BCUT2D eigenvalue weighted by Crippen LogP contribution is 2.78. The maximum atomic E-state index is 12.8. The summed E-state index contributed by atoms with van der Waals surface area (Å²) in [7, 11) is 0. The van der Waals surface area contributed by atoms with E-state index in [-0.39, 0.29) is 44.7 Å². The van der Waals surface area contributed by atoms with E-state index in [1.54, 1.807) is 0 Å². The molecule has 5 aliphatic rings. The van der Waals surface area contributed by atoms with Gasteiger partial charge in [0.25, 0.3) is 0 Å². The maximum absolute atomic E-state index is 12.8. The molecular formula is C30H50O3. The Morgan fingerprint density at radius 3 is 2.09 bits per heavy atom. The van der Waals surface area contributed by atoms with Gasteiger partial charge in [-0.05, 0) is 108 Å². The van der Waals surface area contributed by atoms with Crippen molar-refractivity contribution >= 4 is 5.78 Å². The van der Waals surface area contributed by atoms with Crippen LogP contribution in [0.25, 0.3) is 0 Å². The first-order valence-electron chi connectivity index (χ1n) is 14.0. The first kappa shape index (κ1) is 24.3. The highest BCUT2D eigenvalue weighted by molar-refractivity contribution is 5.83. The van der Waals surface area contributed by atoms with Gasteiger partial charge in [-0.25, -0.2) is 0 Å². The van der Waals surface area contributed by atoms with Gasteiger partial charge < -0.3 is 10.2 Å². The van der Waals surface area contributed by atoms with E-state index in [9.17, 15) is 15.0 Å². The molecular weight excluding hydrogens is 408 g/mol. The smallest absolute Gasteiger partial charge is 0.138 e. The monoisotopic (exact) mass is 458 g/mol. The summed E-state index contributed by atoms with van der Waals surface area (Å²) in [6, 6.07) is 0. The maximum Gasteiger partial charge on any atom is 0.138 e. The molecule has 0 aromatic rings. The Labute approximate surface area is 202 Å². The number of aliphatic hydroxyl groups is 2. The SMILES string of the molecule is C[C@H]1C(=O)C[C@@H](O)[C@@H]2[C@]1(C)CC[C@H]1[C@@]2(C)CC[C@@]2(C)[C@@H]3C[C@@](C)(CO)CC[C@]3(C)CC[C@]12C. The Kier molecular flexibility index (Phi) is 5.22. The fourth-order valence-electron chi connectivity index (χ4n) is 11.3. The number of carbonyl (C=O) groups is 1. The zero-order chi connectivity index (χ0) is 24.2. The molecule has 5 saturated carbocycles. The second-order valence-electron chi connectivity index (χ2n) is 15.3. The molecule has 5 fully saturated rings. The van der Waals surface area contributed by atoms with Crippen molar-refractivity contribution in [3.05, 3.63) is 0 Å². The summed E-state index contributed by atoms with van der Waals surface area (Å²) >= 11 is 0. The van der Waals surface area contributed by atoms with Crippen molar-refractivity contribution in [1.29, 1.82) is 0 Å². The third-order valence-corrected chi connectivity index (χ3v) is 13.9. The largest absolute Gasteiger partial charge is 0.396 e. The Bertz CT molecular complexity index is 838. The summed E-state index contributed by atoms with van der Waals surface area (Å²) in [5.74, 6) is 1.81. The van der Waals surface area contributed by atoms with E-state index in [1.165, 1.54) is 38.5 Å². The Balaban J connectivity index is 1.56. The topological polar surface area (TPSA) is 57.5 Å². The molecule has 3 nitrogen and oxygen atoms in total. The van der Waals surface area contributed by atoms with Crippen LogP contribution in [-0.4, -0.2) is 28.7 Å². The zero-order valence-corrected chi connectivity index (χ0v) is 22.5. The minimum Gasteiger partial charge on any atom is -0.396 e. The van der Waals surface area contributed by atoms with Crippen LogP contribution in [-0.2, 0) is 4.79 Å². The normalized spacial score (nSPS) is 60.9. The molecule has 3 heteroatoms. The van der Waals surface area contributed by atoms with Crippen molar-refractivity contribution in [2.75, 3.05) is 6.61 Å². The van der Waals surface area contributed by atoms with Gasteiger partial charge in [0, 0.05) is 18.9 Å². The standard InChI is InChI=1S/C30H50O3/c1-19-20(32)16-21(33)24-27(19,4)9-8-22-28(24,5)13-15-30(7)23-17-25(2,18-31)10-11-26(23,3)12-14-29(22,30)6/h19,21-24,31,33H,8-18H2,1-7H3/t19-,21+,22-,23+,24+,25-,26+,27+,28+,29+,30-/m0/s1. The summed E-state index contributed by atoms with van der Waals surface area (Å²) in [5.41, 5.74) is 1.00. The van der Waals surface area contributed by atoms with Crippen molar-refractivity contribution in [1.82, 2.24) is 0 Å². The van der Waals surface area contributed by atoms with E-state index in [4.69, 9.17) is 0 Å². The highest BCUT2D eigenvalue weighted by Gasteiger charge is 2.72. The van der Waals surface area contributed by atoms with Gasteiger partial charge >= 0.3 is 0 Å². The minimum atomic E-state index is -0.485. The predicted molar refractivity (Wildman–Crippen MR) is 133 cm³/mol. The number of hydrogen-bond acceptors (Lipinski definition) is 3. The Hall–Kier alpha value is -0.410. The molecule has 0 aromatic heterocycles. The fraction of sp³-hybridized carbons (Fsp3) is 0.967. The molecule has 0 spiro atoms. The van der Waals surface area contributed by atoms with E-state index in [0.717, 1.165) is 19.3 Å².